The van der Waals surface area contributed by atoms with Crippen LogP contribution in [0, 0.1) is 0 Å². The van der Waals surface area contributed by atoms with Crippen LogP contribution in [-0.2, 0) is 4.79 Å². The first-order valence-corrected chi connectivity index (χ1v) is 6.03. The van der Waals surface area contributed by atoms with E-state index in [1.54, 1.807) is 25.1 Å². The third-order valence-electron chi connectivity index (χ3n) is 3.05. The normalized spacial score (nSPS) is 16.8. The molecular formula is C13H18N2O3. The van der Waals surface area contributed by atoms with Crippen molar-refractivity contribution in [2.75, 3.05) is 18.5 Å². The summed E-state index contributed by atoms with van der Waals surface area (Å²) < 4.78 is 10.9. The van der Waals surface area contributed by atoms with Gasteiger partial charge in [0.05, 0.1) is 5.54 Å². The lowest BCUT2D eigenvalue weighted by molar-refractivity contribution is -0.120. The highest BCUT2D eigenvalue weighted by atomic mass is 16.6. The van der Waals surface area contributed by atoms with Gasteiger partial charge in [-0.1, -0.05) is 6.92 Å². The Balaban J connectivity index is 2.13. The molecule has 5 heteroatoms. The van der Waals surface area contributed by atoms with E-state index in [2.05, 4.69) is 5.32 Å². The number of benzene rings is 1. The van der Waals surface area contributed by atoms with Gasteiger partial charge < -0.3 is 20.5 Å². The predicted octanol–water partition coefficient (Wildman–Crippen LogP) is 1.52. The standard InChI is InChI=1S/C13H18N2O3/c1-3-13(2,14)12(16)15-9-4-5-10-11(8-9)18-7-6-17-10/h4-5,8H,3,6-7,14H2,1-2H3,(H,15,16). The van der Waals surface area contributed by atoms with Gasteiger partial charge in [-0.15, -0.1) is 0 Å². The molecule has 18 heavy (non-hydrogen) atoms. The first-order chi connectivity index (χ1) is 8.53. The number of hydrogen-bond acceptors (Lipinski definition) is 4. The average Bonchev–Trinajstić information content (AvgIpc) is 2.38. The van der Waals surface area contributed by atoms with E-state index >= 15 is 0 Å². The summed E-state index contributed by atoms with van der Waals surface area (Å²) in [5.41, 5.74) is 5.67. The van der Waals surface area contributed by atoms with Crippen LogP contribution >= 0.6 is 0 Å². The summed E-state index contributed by atoms with van der Waals surface area (Å²) in [7, 11) is 0. The van der Waals surface area contributed by atoms with Crippen molar-refractivity contribution in [1.29, 1.82) is 0 Å². The van der Waals surface area contributed by atoms with E-state index in [0.717, 1.165) is 0 Å². The maximum Gasteiger partial charge on any atom is 0.244 e. The molecular weight excluding hydrogens is 232 g/mol. The van der Waals surface area contributed by atoms with Crippen molar-refractivity contribution in [3.8, 4) is 11.5 Å². The molecule has 3 N–H and O–H groups in total. The lowest BCUT2D eigenvalue weighted by Crippen LogP contribution is -2.47. The van der Waals surface area contributed by atoms with Gasteiger partial charge in [0.25, 0.3) is 0 Å². The van der Waals surface area contributed by atoms with Crippen molar-refractivity contribution in [2.45, 2.75) is 25.8 Å². The van der Waals surface area contributed by atoms with Gasteiger partial charge in [-0.2, -0.15) is 0 Å². The van der Waals surface area contributed by atoms with Crippen LogP contribution in [0.3, 0.4) is 0 Å². The molecule has 0 bridgehead atoms. The van der Waals surface area contributed by atoms with Crippen LogP contribution in [0.15, 0.2) is 18.2 Å². The van der Waals surface area contributed by atoms with Crippen molar-refractivity contribution >= 4 is 11.6 Å². The maximum atomic E-state index is 11.9. The molecule has 0 radical (unpaired) electrons. The molecule has 2 rings (SSSR count). The number of rotatable bonds is 3. The van der Waals surface area contributed by atoms with Crippen LogP contribution in [0.4, 0.5) is 5.69 Å². The number of nitrogens with two attached hydrogens (primary N) is 1. The summed E-state index contributed by atoms with van der Waals surface area (Å²) in [6, 6.07) is 5.30. The molecule has 1 aromatic rings. The zero-order valence-corrected chi connectivity index (χ0v) is 10.7. The Labute approximate surface area is 106 Å². The second-order valence-electron chi connectivity index (χ2n) is 4.58. The Bertz CT molecular complexity index is 458. The third-order valence-corrected chi connectivity index (χ3v) is 3.05. The second kappa shape index (κ2) is 4.86. The Hall–Kier alpha value is -1.75. The summed E-state index contributed by atoms with van der Waals surface area (Å²) in [6.45, 7) is 4.66. The van der Waals surface area contributed by atoms with Crippen molar-refractivity contribution in [2.24, 2.45) is 5.73 Å². The monoisotopic (exact) mass is 250 g/mol. The van der Waals surface area contributed by atoms with Crippen molar-refractivity contribution in [1.82, 2.24) is 0 Å². The van der Waals surface area contributed by atoms with E-state index in [9.17, 15) is 4.79 Å². The predicted molar refractivity (Wildman–Crippen MR) is 68.9 cm³/mol. The summed E-state index contributed by atoms with van der Waals surface area (Å²) in [4.78, 5) is 11.9. The molecule has 1 aromatic carbocycles. The SMILES string of the molecule is CCC(C)(N)C(=O)Nc1ccc2c(c1)OCCO2. The molecule has 1 heterocycles. The van der Waals surface area contributed by atoms with E-state index < -0.39 is 5.54 Å². The second-order valence-corrected chi connectivity index (χ2v) is 4.58. The van der Waals surface area contributed by atoms with Crippen molar-refractivity contribution in [3.63, 3.8) is 0 Å². The van der Waals surface area contributed by atoms with Crippen LogP contribution in [-0.4, -0.2) is 24.7 Å². The lowest BCUT2D eigenvalue weighted by Gasteiger charge is -2.23. The van der Waals surface area contributed by atoms with Crippen LogP contribution in [0.5, 0.6) is 11.5 Å². The molecule has 1 aliphatic heterocycles. The van der Waals surface area contributed by atoms with E-state index in [-0.39, 0.29) is 5.91 Å². The number of hydrogen-bond donors (Lipinski definition) is 2. The van der Waals surface area contributed by atoms with E-state index in [0.29, 0.717) is 36.8 Å². The molecule has 98 valence electrons. The molecule has 1 atom stereocenters. The molecule has 0 saturated heterocycles. The topological polar surface area (TPSA) is 73.6 Å². The number of nitrogens with one attached hydrogen (secondary N) is 1. The fourth-order valence-electron chi connectivity index (χ4n) is 1.56. The molecule has 1 amide bonds. The first-order valence-electron chi connectivity index (χ1n) is 6.03. The summed E-state index contributed by atoms with van der Waals surface area (Å²) in [5, 5.41) is 2.78. The number of anilines is 1. The van der Waals surface area contributed by atoms with Crippen LogP contribution in [0.2, 0.25) is 0 Å². The van der Waals surface area contributed by atoms with Gasteiger partial charge in [0.15, 0.2) is 11.5 Å². The Morgan fingerprint density at radius 3 is 2.72 bits per heavy atom. The summed E-state index contributed by atoms with van der Waals surface area (Å²) in [5.74, 6) is 1.14. The lowest BCUT2D eigenvalue weighted by atomic mass is 9.99. The van der Waals surface area contributed by atoms with Gasteiger partial charge in [-0.05, 0) is 25.5 Å². The van der Waals surface area contributed by atoms with Gasteiger partial charge >= 0.3 is 0 Å². The number of carbonyl (C=O) groups is 1. The zero-order chi connectivity index (χ0) is 13.2. The highest BCUT2D eigenvalue weighted by molar-refractivity contribution is 5.97. The number of carbonyl (C=O) groups excluding carboxylic acids is 1. The van der Waals surface area contributed by atoms with E-state index in [4.69, 9.17) is 15.2 Å². The smallest absolute Gasteiger partial charge is 0.244 e. The fourth-order valence-corrected chi connectivity index (χ4v) is 1.56. The quantitative estimate of drug-likeness (QED) is 0.853. The minimum atomic E-state index is -0.868. The Morgan fingerprint density at radius 1 is 1.39 bits per heavy atom. The van der Waals surface area contributed by atoms with Crippen molar-refractivity contribution in [3.05, 3.63) is 18.2 Å². The molecule has 0 spiro atoms. The fraction of sp³-hybridized carbons (Fsp3) is 0.462. The molecule has 1 unspecified atom stereocenters. The highest BCUT2D eigenvalue weighted by Crippen LogP contribution is 2.32. The van der Waals surface area contributed by atoms with Crippen LogP contribution in [0.1, 0.15) is 20.3 Å². The number of ether oxygens (including phenoxy) is 2. The Morgan fingerprint density at radius 2 is 2.06 bits per heavy atom. The summed E-state index contributed by atoms with van der Waals surface area (Å²) >= 11 is 0. The van der Waals surface area contributed by atoms with Gasteiger partial charge in [0.1, 0.15) is 13.2 Å². The molecule has 5 nitrogen and oxygen atoms in total. The van der Waals surface area contributed by atoms with Gasteiger partial charge in [-0.3, -0.25) is 4.79 Å². The molecule has 0 aromatic heterocycles. The minimum absolute atomic E-state index is 0.207. The Kier molecular flexibility index (Phi) is 3.43. The van der Waals surface area contributed by atoms with E-state index in [1.807, 2.05) is 6.92 Å². The number of amides is 1. The highest BCUT2D eigenvalue weighted by Gasteiger charge is 2.26. The van der Waals surface area contributed by atoms with Crippen molar-refractivity contribution < 1.29 is 14.3 Å². The molecule has 0 fully saturated rings. The largest absolute Gasteiger partial charge is 0.486 e. The van der Waals surface area contributed by atoms with Gasteiger partial charge in [0, 0.05) is 11.8 Å². The van der Waals surface area contributed by atoms with Gasteiger partial charge in [0.2, 0.25) is 5.91 Å². The summed E-state index contributed by atoms with van der Waals surface area (Å²) in [6.07, 6.45) is 0.573. The van der Waals surface area contributed by atoms with Gasteiger partial charge in [-0.25, -0.2) is 0 Å². The van der Waals surface area contributed by atoms with Crippen LogP contribution < -0.4 is 20.5 Å². The maximum absolute atomic E-state index is 11.9. The average molecular weight is 250 g/mol. The molecule has 0 saturated carbocycles. The number of fused-ring (bicyclic) bond motifs is 1. The molecule has 1 aliphatic rings. The minimum Gasteiger partial charge on any atom is -0.486 e. The zero-order valence-electron chi connectivity index (χ0n) is 10.7. The first kappa shape index (κ1) is 12.7. The van der Waals surface area contributed by atoms with E-state index in [1.165, 1.54) is 0 Å². The third kappa shape index (κ3) is 2.56. The van der Waals surface area contributed by atoms with Crippen LogP contribution in [0.25, 0.3) is 0 Å². The molecule has 0 aliphatic carbocycles.